The number of aldehydes is 1. The van der Waals surface area contributed by atoms with Crippen molar-refractivity contribution in [2.75, 3.05) is 12.0 Å². The third-order valence-electron chi connectivity index (χ3n) is 5.23. The average Bonchev–Trinajstić information content (AvgIpc) is 3.02. The SMILES string of the molecule is COc1cc2nn(C3CCC(C=O)CC3)cc2cc1N(C(=O)O)C(C)(C)C. The molecule has 1 aliphatic rings. The van der Waals surface area contributed by atoms with Gasteiger partial charge in [0.1, 0.15) is 12.0 Å². The molecule has 2 aromatic rings. The second-order valence-corrected chi connectivity index (χ2v) is 8.19. The number of anilines is 1. The van der Waals surface area contributed by atoms with Gasteiger partial charge in [0.2, 0.25) is 0 Å². The van der Waals surface area contributed by atoms with Crippen molar-refractivity contribution in [3.63, 3.8) is 0 Å². The second-order valence-electron chi connectivity index (χ2n) is 8.19. The number of carbonyl (C=O) groups excluding carboxylic acids is 1. The molecule has 0 aliphatic heterocycles. The van der Waals surface area contributed by atoms with E-state index in [-0.39, 0.29) is 12.0 Å². The fraction of sp³-hybridized carbons (Fsp3) is 0.550. The van der Waals surface area contributed by atoms with Crippen LogP contribution in [0.5, 0.6) is 5.75 Å². The Bertz CT molecular complexity index is 845. The first-order valence-electron chi connectivity index (χ1n) is 9.30. The Balaban J connectivity index is 2.00. The van der Waals surface area contributed by atoms with Crippen molar-refractivity contribution in [1.29, 1.82) is 0 Å². The lowest BCUT2D eigenvalue weighted by molar-refractivity contribution is -0.112. The number of ether oxygens (including phenoxy) is 1. The first-order chi connectivity index (χ1) is 12.7. The zero-order valence-corrected chi connectivity index (χ0v) is 16.3. The Morgan fingerprint density at radius 1 is 1.30 bits per heavy atom. The van der Waals surface area contributed by atoms with Gasteiger partial charge in [0.05, 0.1) is 24.4 Å². The van der Waals surface area contributed by atoms with Gasteiger partial charge in [0.15, 0.2) is 0 Å². The predicted molar refractivity (Wildman–Crippen MR) is 104 cm³/mol. The Hall–Kier alpha value is -2.57. The Kier molecular flexibility index (Phi) is 5.13. The molecular weight excluding hydrogens is 346 g/mol. The van der Waals surface area contributed by atoms with Gasteiger partial charge in [-0.2, -0.15) is 5.10 Å². The average molecular weight is 373 g/mol. The van der Waals surface area contributed by atoms with Crippen molar-refractivity contribution in [3.8, 4) is 5.75 Å². The van der Waals surface area contributed by atoms with Crippen LogP contribution in [0.25, 0.3) is 10.9 Å². The summed E-state index contributed by atoms with van der Waals surface area (Å²) in [5.41, 5.74) is 0.664. The zero-order chi connectivity index (χ0) is 19.8. The number of amides is 1. The van der Waals surface area contributed by atoms with E-state index in [0.29, 0.717) is 11.4 Å². The van der Waals surface area contributed by atoms with Gasteiger partial charge in [-0.1, -0.05) is 0 Å². The summed E-state index contributed by atoms with van der Waals surface area (Å²) >= 11 is 0. The molecule has 1 aliphatic carbocycles. The Labute approximate surface area is 158 Å². The van der Waals surface area contributed by atoms with E-state index in [1.165, 1.54) is 12.0 Å². The van der Waals surface area contributed by atoms with Crippen LogP contribution in [-0.4, -0.2) is 39.9 Å². The first-order valence-corrected chi connectivity index (χ1v) is 9.30. The summed E-state index contributed by atoms with van der Waals surface area (Å²) < 4.78 is 7.43. The van der Waals surface area contributed by atoms with Crippen LogP contribution in [0.1, 0.15) is 52.5 Å². The maximum atomic E-state index is 11.9. The highest BCUT2D eigenvalue weighted by molar-refractivity contribution is 5.95. The van der Waals surface area contributed by atoms with Crippen LogP contribution in [0.3, 0.4) is 0 Å². The lowest BCUT2D eigenvalue weighted by Gasteiger charge is -2.34. The van der Waals surface area contributed by atoms with Crippen LogP contribution < -0.4 is 9.64 Å². The van der Waals surface area contributed by atoms with E-state index >= 15 is 0 Å². The number of fused-ring (bicyclic) bond motifs is 1. The fourth-order valence-electron chi connectivity index (χ4n) is 3.84. The maximum absolute atomic E-state index is 11.9. The number of nitrogens with zero attached hydrogens (tertiary/aromatic N) is 3. The van der Waals surface area contributed by atoms with Crippen LogP contribution in [0.2, 0.25) is 0 Å². The molecule has 146 valence electrons. The lowest BCUT2D eigenvalue weighted by Crippen LogP contribution is -2.45. The molecule has 1 aromatic heterocycles. The van der Waals surface area contributed by atoms with Crippen molar-refractivity contribution in [1.82, 2.24) is 9.78 Å². The maximum Gasteiger partial charge on any atom is 0.412 e. The molecule has 0 spiro atoms. The van der Waals surface area contributed by atoms with Gasteiger partial charge in [-0.25, -0.2) is 4.79 Å². The Morgan fingerprint density at radius 3 is 2.48 bits per heavy atom. The first kappa shape index (κ1) is 19.2. The highest BCUT2D eigenvalue weighted by Gasteiger charge is 2.31. The molecule has 7 heteroatoms. The molecule has 1 saturated carbocycles. The van der Waals surface area contributed by atoms with Crippen LogP contribution in [0.4, 0.5) is 10.5 Å². The summed E-state index contributed by atoms with van der Waals surface area (Å²) in [5, 5.41) is 15.3. The zero-order valence-electron chi connectivity index (χ0n) is 16.3. The number of carbonyl (C=O) groups is 2. The molecule has 1 heterocycles. The van der Waals surface area contributed by atoms with E-state index in [0.717, 1.165) is 42.9 Å². The van der Waals surface area contributed by atoms with Crippen molar-refractivity contribution >= 4 is 29.0 Å². The van der Waals surface area contributed by atoms with E-state index in [4.69, 9.17) is 4.74 Å². The summed E-state index contributed by atoms with van der Waals surface area (Å²) in [7, 11) is 1.53. The third kappa shape index (κ3) is 3.77. The number of benzene rings is 1. The van der Waals surface area contributed by atoms with Gasteiger partial charge in [-0.05, 0) is 52.5 Å². The van der Waals surface area contributed by atoms with E-state index in [1.54, 1.807) is 6.07 Å². The number of rotatable bonds is 4. The fourth-order valence-corrected chi connectivity index (χ4v) is 3.84. The largest absolute Gasteiger partial charge is 0.494 e. The monoisotopic (exact) mass is 373 g/mol. The molecule has 0 bridgehead atoms. The van der Waals surface area contributed by atoms with E-state index in [2.05, 4.69) is 5.10 Å². The van der Waals surface area contributed by atoms with E-state index in [9.17, 15) is 14.7 Å². The van der Waals surface area contributed by atoms with Crippen LogP contribution in [-0.2, 0) is 4.79 Å². The summed E-state index contributed by atoms with van der Waals surface area (Å²) in [6.45, 7) is 5.54. The molecule has 1 fully saturated rings. The van der Waals surface area contributed by atoms with Crippen molar-refractivity contribution in [3.05, 3.63) is 18.3 Å². The molecule has 0 atom stereocenters. The second kappa shape index (κ2) is 7.21. The van der Waals surface area contributed by atoms with Crippen LogP contribution in [0, 0.1) is 5.92 Å². The molecule has 1 aromatic carbocycles. The molecule has 3 rings (SSSR count). The molecule has 0 unspecified atom stereocenters. The van der Waals surface area contributed by atoms with Gasteiger partial charge in [0, 0.05) is 29.1 Å². The van der Waals surface area contributed by atoms with Crippen molar-refractivity contribution in [2.24, 2.45) is 5.92 Å². The normalized spacial score (nSPS) is 20.4. The lowest BCUT2D eigenvalue weighted by atomic mass is 9.87. The predicted octanol–water partition coefficient (Wildman–Crippen LogP) is 4.26. The summed E-state index contributed by atoms with van der Waals surface area (Å²) in [4.78, 5) is 24.2. The number of methoxy groups -OCH3 is 1. The van der Waals surface area contributed by atoms with Crippen LogP contribution in [0.15, 0.2) is 18.3 Å². The molecule has 0 saturated heterocycles. The van der Waals surface area contributed by atoms with Crippen LogP contribution >= 0.6 is 0 Å². The van der Waals surface area contributed by atoms with Gasteiger partial charge in [-0.3, -0.25) is 9.58 Å². The summed E-state index contributed by atoms with van der Waals surface area (Å²) in [6, 6.07) is 3.88. The topological polar surface area (TPSA) is 84.7 Å². The minimum Gasteiger partial charge on any atom is -0.494 e. The third-order valence-corrected chi connectivity index (χ3v) is 5.23. The molecule has 1 amide bonds. The quantitative estimate of drug-likeness (QED) is 0.810. The smallest absolute Gasteiger partial charge is 0.412 e. The van der Waals surface area contributed by atoms with Gasteiger partial charge >= 0.3 is 6.09 Å². The molecule has 7 nitrogen and oxygen atoms in total. The molecular formula is C20H27N3O4. The highest BCUT2D eigenvalue weighted by Crippen LogP contribution is 2.38. The highest BCUT2D eigenvalue weighted by atomic mass is 16.5. The van der Waals surface area contributed by atoms with Gasteiger partial charge < -0.3 is 14.6 Å². The molecule has 27 heavy (non-hydrogen) atoms. The van der Waals surface area contributed by atoms with Crippen molar-refractivity contribution in [2.45, 2.75) is 58.0 Å². The standard InChI is InChI=1S/C20H27N3O4/c1-20(2,3)23(19(25)26)17-9-14-11-22(21-16(14)10-18(17)27-4)15-7-5-13(12-24)6-8-15/h9-13,15H,5-8H2,1-4H3,(H,25,26). The summed E-state index contributed by atoms with van der Waals surface area (Å²) in [6.07, 6.45) is 5.60. The number of aromatic nitrogens is 2. The minimum absolute atomic E-state index is 0.161. The van der Waals surface area contributed by atoms with Gasteiger partial charge in [-0.15, -0.1) is 0 Å². The Morgan fingerprint density at radius 2 is 1.96 bits per heavy atom. The summed E-state index contributed by atoms with van der Waals surface area (Å²) in [5.74, 6) is 0.642. The molecule has 0 radical (unpaired) electrons. The molecule has 1 N–H and O–H groups in total. The number of hydrogen-bond donors (Lipinski definition) is 1. The van der Waals surface area contributed by atoms with E-state index < -0.39 is 11.6 Å². The number of carboxylic acid groups (broad SMARTS) is 1. The van der Waals surface area contributed by atoms with Crippen molar-refractivity contribution < 1.29 is 19.4 Å². The van der Waals surface area contributed by atoms with E-state index in [1.807, 2.05) is 37.7 Å². The number of hydrogen-bond acceptors (Lipinski definition) is 4. The minimum atomic E-state index is -1.03. The van der Waals surface area contributed by atoms with Gasteiger partial charge in [0.25, 0.3) is 0 Å².